The van der Waals surface area contributed by atoms with Crippen LogP contribution in [0.2, 0.25) is 0 Å². The molecular weight excluding hydrogens is 370 g/mol. The molecule has 148 valence electrons. The minimum atomic E-state index is -0.855. The second-order valence-corrected chi connectivity index (χ2v) is 7.52. The number of carbonyl (C=O) groups is 2. The number of carboxylic acids is 1. The Bertz CT molecular complexity index is 961. The minimum absolute atomic E-state index is 0.0360. The van der Waals surface area contributed by atoms with Crippen molar-refractivity contribution in [1.29, 1.82) is 0 Å². The van der Waals surface area contributed by atoms with Crippen molar-refractivity contribution in [2.75, 3.05) is 18.4 Å². The van der Waals surface area contributed by atoms with Crippen LogP contribution < -0.4 is 5.32 Å². The van der Waals surface area contributed by atoms with Crippen LogP contribution in [0.4, 0.5) is 19.4 Å². The van der Waals surface area contributed by atoms with Gasteiger partial charge in [0.2, 0.25) is 0 Å². The highest BCUT2D eigenvalue weighted by Gasteiger charge is 2.55. The zero-order valence-corrected chi connectivity index (χ0v) is 15.3. The van der Waals surface area contributed by atoms with Crippen LogP contribution in [-0.4, -0.2) is 44.9 Å². The number of amides is 2. The largest absolute Gasteiger partial charge is 0.481 e. The molecule has 1 aromatic heterocycles. The predicted molar refractivity (Wildman–Crippen MR) is 96.6 cm³/mol. The van der Waals surface area contributed by atoms with Gasteiger partial charge in [-0.15, -0.1) is 0 Å². The fraction of sp³-hybridized carbons (Fsp3) is 0.421. The number of carboxylic acid groups (broad SMARTS) is 1. The maximum Gasteiger partial charge on any atom is 0.323 e. The molecule has 0 bridgehead atoms. The number of aryl methyl sites for hydroxylation is 1. The van der Waals surface area contributed by atoms with Crippen LogP contribution in [0, 0.1) is 23.0 Å². The molecule has 2 amide bonds. The van der Waals surface area contributed by atoms with E-state index in [1.54, 1.807) is 7.05 Å². The second kappa shape index (κ2) is 6.57. The van der Waals surface area contributed by atoms with E-state index in [2.05, 4.69) is 10.4 Å². The van der Waals surface area contributed by atoms with Crippen LogP contribution in [0.5, 0.6) is 0 Å². The van der Waals surface area contributed by atoms with Gasteiger partial charge >= 0.3 is 12.0 Å². The van der Waals surface area contributed by atoms with Gasteiger partial charge in [0.05, 0.1) is 11.1 Å². The number of nitrogens with one attached hydrogen (secondary N) is 1. The summed E-state index contributed by atoms with van der Waals surface area (Å²) in [5.74, 6) is -1.97. The van der Waals surface area contributed by atoms with E-state index in [-0.39, 0.29) is 23.7 Å². The summed E-state index contributed by atoms with van der Waals surface area (Å²) in [5, 5.41) is 16.5. The van der Waals surface area contributed by atoms with Gasteiger partial charge in [-0.1, -0.05) is 6.42 Å². The topological polar surface area (TPSA) is 87.5 Å². The Hall–Kier alpha value is -2.97. The van der Waals surface area contributed by atoms with Gasteiger partial charge in [-0.25, -0.2) is 13.6 Å². The number of nitrogens with zero attached hydrogens (tertiary/aromatic N) is 3. The number of anilines is 1. The average Bonchev–Trinajstić information content (AvgIpc) is 3.28. The van der Waals surface area contributed by atoms with Crippen molar-refractivity contribution in [3.05, 3.63) is 35.9 Å². The maximum atomic E-state index is 14.0. The lowest BCUT2D eigenvalue weighted by Gasteiger charge is -2.23. The molecule has 1 aliphatic heterocycles. The second-order valence-electron chi connectivity index (χ2n) is 7.52. The Morgan fingerprint density at radius 2 is 2.11 bits per heavy atom. The highest BCUT2D eigenvalue weighted by molar-refractivity contribution is 5.90. The number of hydrogen-bond donors (Lipinski definition) is 2. The maximum absolute atomic E-state index is 14.0. The van der Waals surface area contributed by atoms with Crippen LogP contribution in [-0.2, 0) is 11.8 Å². The normalized spacial score (nSPS) is 23.7. The van der Waals surface area contributed by atoms with Crippen molar-refractivity contribution in [1.82, 2.24) is 14.7 Å². The molecule has 1 aliphatic carbocycles. The number of rotatable bonds is 3. The summed E-state index contributed by atoms with van der Waals surface area (Å²) in [6.45, 7) is 0.575. The molecule has 2 aromatic rings. The van der Waals surface area contributed by atoms with Gasteiger partial charge in [0.1, 0.15) is 17.5 Å². The van der Waals surface area contributed by atoms with Gasteiger partial charge in [0.15, 0.2) is 0 Å². The Labute approximate surface area is 159 Å². The van der Waals surface area contributed by atoms with Crippen molar-refractivity contribution in [3.8, 4) is 11.3 Å². The van der Waals surface area contributed by atoms with Gasteiger partial charge < -0.3 is 10.0 Å². The number of benzene rings is 1. The summed E-state index contributed by atoms with van der Waals surface area (Å²) in [6, 6.07) is 4.29. The predicted octanol–water partition coefficient (Wildman–Crippen LogP) is 3.08. The van der Waals surface area contributed by atoms with E-state index in [4.69, 9.17) is 0 Å². The average molecular weight is 390 g/mol. The summed E-state index contributed by atoms with van der Waals surface area (Å²) in [4.78, 5) is 26.0. The number of halogens is 2. The first-order chi connectivity index (χ1) is 13.3. The van der Waals surface area contributed by atoms with Crippen LogP contribution in [0.15, 0.2) is 24.3 Å². The van der Waals surface area contributed by atoms with Crippen molar-refractivity contribution in [2.45, 2.75) is 19.3 Å². The van der Waals surface area contributed by atoms with Gasteiger partial charge in [-0.05, 0) is 30.9 Å². The molecule has 0 unspecified atom stereocenters. The first-order valence-electron chi connectivity index (χ1n) is 9.09. The lowest BCUT2D eigenvalue weighted by molar-refractivity contribution is -0.149. The zero-order chi connectivity index (χ0) is 20.1. The van der Waals surface area contributed by atoms with Crippen LogP contribution in [0.25, 0.3) is 11.3 Å². The van der Waals surface area contributed by atoms with E-state index in [1.807, 2.05) is 0 Å². The minimum Gasteiger partial charge on any atom is -0.481 e. The number of likely N-dealkylation sites (tertiary alicyclic amines) is 1. The number of urea groups is 1. The summed E-state index contributed by atoms with van der Waals surface area (Å²) < 4.78 is 28.5. The first-order valence-corrected chi connectivity index (χ1v) is 9.09. The molecule has 0 spiro atoms. The van der Waals surface area contributed by atoms with Gasteiger partial charge in [-0.3, -0.25) is 14.8 Å². The summed E-state index contributed by atoms with van der Waals surface area (Å²) in [6.07, 6.45) is 2.24. The summed E-state index contributed by atoms with van der Waals surface area (Å²) in [7, 11) is 1.60. The van der Waals surface area contributed by atoms with Crippen molar-refractivity contribution < 1.29 is 23.5 Å². The fourth-order valence-corrected chi connectivity index (χ4v) is 4.40. The lowest BCUT2D eigenvalue weighted by Crippen LogP contribution is -2.39. The third kappa shape index (κ3) is 2.90. The Morgan fingerprint density at radius 1 is 1.32 bits per heavy atom. The third-order valence-electron chi connectivity index (χ3n) is 5.91. The number of aliphatic carboxylic acids is 1. The van der Waals surface area contributed by atoms with E-state index >= 15 is 0 Å². The monoisotopic (exact) mass is 390 g/mol. The molecule has 28 heavy (non-hydrogen) atoms. The van der Waals surface area contributed by atoms with Crippen LogP contribution in [0.3, 0.4) is 0 Å². The standard InChI is InChI=1S/C19H20F2N4O3/c1-24-16(8-15(23-24)13-5-4-12(20)7-14(13)21)22-18(28)25-9-11-3-2-6-19(11,10-25)17(26)27/h4-5,7-8,11H,2-3,6,9-10H2,1H3,(H,22,28)(H,26,27)/t11-,19+/m0/s1. The highest BCUT2D eigenvalue weighted by Crippen LogP contribution is 2.49. The van der Waals surface area contributed by atoms with E-state index in [1.165, 1.54) is 21.7 Å². The number of fused-ring (bicyclic) bond motifs is 1. The molecule has 0 radical (unpaired) electrons. The summed E-state index contributed by atoms with van der Waals surface area (Å²) in [5.41, 5.74) is -0.472. The molecule has 2 fully saturated rings. The molecular formula is C19H20F2N4O3. The summed E-state index contributed by atoms with van der Waals surface area (Å²) >= 11 is 0. The number of carbonyl (C=O) groups excluding carboxylic acids is 1. The molecule has 7 nitrogen and oxygen atoms in total. The van der Waals surface area contributed by atoms with Crippen LogP contribution in [0.1, 0.15) is 19.3 Å². The molecule has 2 N–H and O–H groups in total. The first kappa shape index (κ1) is 18.4. The van der Waals surface area contributed by atoms with Gasteiger partial charge in [-0.2, -0.15) is 5.10 Å². The molecule has 4 rings (SSSR count). The molecule has 9 heteroatoms. The Kier molecular flexibility index (Phi) is 4.32. The van der Waals surface area contributed by atoms with E-state index < -0.39 is 29.0 Å². The van der Waals surface area contributed by atoms with Crippen molar-refractivity contribution >= 4 is 17.8 Å². The lowest BCUT2D eigenvalue weighted by atomic mass is 9.81. The number of hydrogen-bond acceptors (Lipinski definition) is 3. The Balaban J connectivity index is 1.52. The SMILES string of the molecule is Cn1nc(-c2ccc(F)cc2F)cc1NC(=O)N1C[C@@H]2CCC[C@@]2(C(=O)O)C1. The van der Waals surface area contributed by atoms with Crippen molar-refractivity contribution in [3.63, 3.8) is 0 Å². The fourth-order valence-electron chi connectivity index (χ4n) is 4.40. The molecule has 2 heterocycles. The van der Waals surface area contributed by atoms with E-state index in [0.29, 0.717) is 18.8 Å². The van der Waals surface area contributed by atoms with Gasteiger partial charge in [0.25, 0.3) is 0 Å². The smallest absolute Gasteiger partial charge is 0.323 e. The van der Waals surface area contributed by atoms with Gasteiger partial charge in [0, 0.05) is 37.8 Å². The van der Waals surface area contributed by atoms with Crippen molar-refractivity contribution in [2.24, 2.45) is 18.4 Å². The third-order valence-corrected chi connectivity index (χ3v) is 5.91. The molecule has 1 saturated heterocycles. The molecule has 1 aromatic carbocycles. The van der Waals surface area contributed by atoms with E-state index in [0.717, 1.165) is 25.0 Å². The number of aromatic nitrogens is 2. The highest BCUT2D eigenvalue weighted by atomic mass is 19.1. The quantitative estimate of drug-likeness (QED) is 0.843. The molecule has 2 atom stereocenters. The zero-order valence-electron chi connectivity index (χ0n) is 15.3. The molecule has 2 aliphatic rings. The molecule has 1 saturated carbocycles. The van der Waals surface area contributed by atoms with E-state index in [9.17, 15) is 23.5 Å². The van der Waals surface area contributed by atoms with Crippen LogP contribution >= 0.6 is 0 Å². The Morgan fingerprint density at radius 3 is 2.79 bits per heavy atom.